The van der Waals surface area contributed by atoms with Crippen molar-refractivity contribution in [3.63, 3.8) is 0 Å². The van der Waals surface area contributed by atoms with E-state index in [1.165, 1.54) is 25.7 Å². The summed E-state index contributed by atoms with van der Waals surface area (Å²) in [6, 6.07) is 0. The molecule has 19 heavy (non-hydrogen) atoms. The molecular weight excluding hydrogens is 232 g/mol. The highest BCUT2D eigenvalue weighted by molar-refractivity contribution is 5.07. The third-order valence-corrected chi connectivity index (χ3v) is 4.39. The van der Waals surface area contributed by atoms with Crippen LogP contribution in [0.1, 0.15) is 67.2 Å². The van der Waals surface area contributed by atoms with Gasteiger partial charge in [0.1, 0.15) is 0 Å². The molecule has 3 atom stereocenters. The molecule has 0 spiro atoms. The molecule has 0 aromatic heterocycles. The second-order valence-electron chi connectivity index (χ2n) is 6.42. The minimum Gasteiger partial charge on any atom is -0.412 e. The summed E-state index contributed by atoms with van der Waals surface area (Å²) < 4.78 is 0. The Kier molecular flexibility index (Phi) is 12.3. The van der Waals surface area contributed by atoms with E-state index in [4.69, 9.17) is 0 Å². The van der Waals surface area contributed by atoms with Crippen LogP contribution in [0.4, 0.5) is 0 Å². The largest absolute Gasteiger partial charge is 0.412 e. The van der Waals surface area contributed by atoms with Gasteiger partial charge in [0.15, 0.2) is 0 Å². The van der Waals surface area contributed by atoms with E-state index in [-0.39, 0.29) is 5.48 Å². The highest BCUT2D eigenvalue weighted by Gasteiger charge is 2.18. The molecule has 0 saturated carbocycles. The molecule has 0 aromatic rings. The molecule has 0 fully saturated rings. The summed E-state index contributed by atoms with van der Waals surface area (Å²) in [6.07, 6.45) is 9.65. The van der Waals surface area contributed by atoms with Crippen LogP contribution < -0.4 is 0 Å². The van der Waals surface area contributed by atoms with Crippen LogP contribution in [0.25, 0.3) is 0 Å². The quantitative estimate of drug-likeness (QED) is 0.610. The van der Waals surface area contributed by atoms with Crippen LogP contribution in [0.3, 0.4) is 0 Å². The molecule has 1 heteroatoms. The van der Waals surface area contributed by atoms with Crippen LogP contribution >= 0.6 is 0 Å². The lowest BCUT2D eigenvalue weighted by Crippen LogP contribution is -2.14. The third-order valence-electron chi connectivity index (χ3n) is 4.39. The molecule has 0 saturated heterocycles. The van der Waals surface area contributed by atoms with Crippen LogP contribution in [-0.2, 0) is 0 Å². The first-order valence-corrected chi connectivity index (χ1v) is 7.67. The Labute approximate surface area is 121 Å². The zero-order valence-electron chi connectivity index (χ0n) is 14.0. The predicted molar refractivity (Wildman–Crippen MR) is 88.4 cm³/mol. The first-order chi connectivity index (χ1) is 8.42. The second kappa shape index (κ2) is 11.3. The highest BCUT2D eigenvalue weighted by atomic mass is 16.0. The van der Waals surface area contributed by atoms with Crippen molar-refractivity contribution >= 4 is 0 Å². The zero-order valence-corrected chi connectivity index (χ0v) is 14.0. The van der Waals surface area contributed by atoms with Gasteiger partial charge in [-0.05, 0) is 56.3 Å². The molecule has 0 aliphatic heterocycles. The van der Waals surface area contributed by atoms with E-state index in [9.17, 15) is 0 Å². The van der Waals surface area contributed by atoms with Crippen LogP contribution in [0, 0.1) is 23.7 Å². The molecule has 0 radical (unpaired) electrons. The molecule has 0 bridgehead atoms. The number of rotatable bonds is 4. The molecule has 0 heterocycles. The average Bonchev–Trinajstić information content (AvgIpc) is 2.31. The van der Waals surface area contributed by atoms with Gasteiger partial charge in [-0.15, -0.1) is 6.58 Å². The predicted octanol–water partition coefficient (Wildman–Crippen LogP) is 5.42. The van der Waals surface area contributed by atoms with Gasteiger partial charge in [0, 0.05) is 0 Å². The summed E-state index contributed by atoms with van der Waals surface area (Å²) in [4.78, 5) is 0. The van der Waals surface area contributed by atoms with Gasteiger partial charge in [0.25, 0.3) is 0 Å². The van der Waals surface area contributed by atoms with E-state index in [0.29, 0.717) is 0 Å². The van der Waals surface area contributed by atoms with Gasteiger partial charge in [-0.1, -0.05) is 52.3 Å². The molecule has 1 rings (SSSR count). The van der Waals surface area contributed by atoms with E-state index in [2.05, 4.69) is 47.3 Å². The van der Waals surface area contributed by atoms with Crippen LogP contribution in [0.2, 0.25) is 0 Å². The first kappa shape index (κ1) is 20.8. The minimum absolute atomic E-state index is 0. The molecule has 0 aromatic carbocycles. The summed E-state index contributed by atoms with van der Waals surface area (Å²) in [5.41, 5.74) is 1.73. The van der Waals surface area contributed by atoms with E-state index in [1.807, 2.05) is 6.92 Å². The summed E-state index contributed by atoms with van der Waals surface area (Å²) in [7, 11) is 0. The van der Waals surface area contributed by atoms with Crippen LogP contribution in [0.5, 0.6) is 0 Å². The van der Waals surface area contributed by atoms with E-state index >= 15 is 0 Å². The summed E-state index contributed by atoms with van der Waals surface area (Å²) in [5, 5.41) is 0. The fraction of sp³-hybridized carbons (Fsp3) is 0.778. The molecular formula is C18H36O. The van der Waals surface area contributed by atoms with Crippen molar-refractivity contribution in [1.29, 1.82) is 0 Å². The Hall–Kier alpha value is -0.560. The molecule has 2 N–H and O–H groups in total. The monoisotopic (exact) mass is 268 g/mol. The standard InChI is InChI=1S/C15H28.C3H6.H2O/c1-11(2)12(3)6-8-15-9-7-13(4)14(5)10-15;1-3-2;/h9,11-14H,6-8,10H2,1-5H3;3H,1H2,2H3;1H2/t12?,13-,14+;;/m1../s1. The SMILES string of the molecule is C=CC.CC(C)C(C)CCC1=CC[C@@H](C)[C@@H](C)C1.O. The van der Waals surface area contributed by atoms with Crippen molar-refractivity contribution in [3.05, 3.63) is 24.3 Å². The van der Waals surface area contributed by atoms with Gasteiger partial charge in [0.2, 0.25) is 0 Å². The summed E-state index contributed by atoms with van der Waals surface area (Å²) in [5.74, 6) is 3.52. The van der Waals surface area contributed by atoms with Gasteiger partial charge in [-0.3, -0.25) is 0 Å². The molecule has 1 aliphatic carbocycles. The van der Waals surface area contributed by atoms with Crippen molar-refractivity contribution in [1.82, 2.24) is 0 Å². The van der Waals surface area contributed by atoms with Gasteiger partial charge in [-0.2, -0.15) is 0 Å². The molecule has 0 amide bonds. The van der Waals surface area contributed by atoms with Crippen molar-refractivity contribution in [2.24, 2.45) is 23.7 Å². The molecule has 1 unspecified atom stereocenters. The Balaban J connectivity index is 0. The fourth-order valence-electron chi connectivity index (χ4n) is 2.23. The van der Waals surface area contributed by atoms with Crippen molar-refractivity contribution < 1.29 is 5.48 Å². The van der Waals surface area contributed by atoms with Gasteiger partial charge in [-0.25, -0.2) is 0 Å². The Morgan fingerprint density at radius 1 is 1.26 bits per heavy atom. The summed E-state index contributed by atoms with van der Waals surface area (Å²) >= 11 is 0. The molecule has 1 aliphatic rings. The average molecular weight is 268 g/mol. The third kappa shape index (κ3) is 9.04. The van der Waals surface area contributed by atoms with Crippen LogP contribution in [0.15, 0.2) is 24.3 Å². The normalized spacial score (nSPS) is 23.6. The van der Waals surface area contributed by atoms with E-state index < -0.39 is 0 Å². The Morgan fingerprint density at radius 2 is 1.79 bits per heavy atom. The van der Waals surface area contributed by atoms with Crippen LogP contribution in [-0.4, -0.2) is 5.48 Å². The van der Waals surface area contributed by atoms with Gasteiger partial charge < -0.3 is 5.48 Å². The lowest BCUT2D eigenvalue weighted by molar-refractivity contribution is 0.349. The maximum absolute atomic E-state index is 3.36. The lowest BCUT2D eigenvalue weighted by Gasteiger charge is -2.26. The Morgan fingerprint density at radius 3 is 2.21 bits per heavy atom. The maximum atomic E-state index is 3.36. The van der Waals surface area contributed by atoms with E-state index in [1.54, 1.807) is 11.6 Å². The first-order valence-electron chi connectivity index (χ1n) is 7.67. The lowest BCUT2D eigenvalue weighted by atomic mass is 9.79. The topological polar surface area (TPSA) is 31.5 Å². The summed E-state index contributed by atoms with van der Waals surface area (Å²) in [6.45, 7) is 17.1. The van der Waals surface area contributed by atoms with E-state index in [0.717, 1.165) is 23.7 Å². The number of hydrogen-bond acceptors (Lipinski definition) is 0. The van der Waals surface area contributed by atoms with Crippen molar-refractivity contribution in [2.45, 2.75) is 67.2 Å². The smallest absolute Gasteiger partial charge is 0.0292 e. The maximum Gasteiger partial charge on any atom is -0.0292 e. The highest BCUT2D eigenvalue weighted by Crippen LogP contribution is 2.32. The number of hydrogen-bond donors (Lipinski definition) is 0. The zero-order chi connectivity index (χ0) is 14.1. The molecule has 114 valence electrons. The molecule has 1 nitrogen and oxygen atoms in total. The number of allylic oxidation sites excluding steroid dienone is 3. The van der Waals surface area contributed by atoms with Crippen molar-refractivity contribution in [3.8, 4) is 0 Å². The minimum atomic E-state index is 0. The Bertz CT molecular complexity index is 252. The van der Waals surface area contributed by atoms with Crippen molar-refractivity contribution in [2.75, 3.05) is 0 Å². The van der Waals surface area contributed by atoms with Gasteiger partial charge >= 0.3 is 0 Å². The fourth-order valence-corrected chi connectivity index (χ4v) is 2.23. The van der Waals surface area contributed by atoms with Gasteiger partial charge in [0.05, 0.1) is 0 Å². The second-order valence-corrected chi connectivity index (χ2v) is 6.42.